The maximum atomic E-state index is 12.4. The van der Waals surface area contributed by atoms with Gasteiger partial charge in [-0.25, -0.2) is 0 Å². The standard InChI is InChI=1S/C17H22N2O2/c1-17(2)12-19(9-8-18(17)3)11-14(20)16-10-13-6-4-5-7-15(13)21-16/h4-7,10H,8-9,11-12H2,1-3H3. The average molecular weight is 286 g/mol. The Kier molecular flexibility index (Phi) is 3.59. The first-order valence-electron chi connectivity index (χ1n) is 7.41. The average Bonchev–Trinajstić information content (AvgIpc) is 2.86. The maximum Gasteiger partial charge on any atom is 0.211 e. The summed E-state index contributed by atoms with van der Waals surface area (Å²) in [6, 6.07) is 9.58. The van der Waals surface area contributed by atoms with Crippen molar-refractivity contribution >= 4 is 16.8 Å². The minimum atomic E-state index is 0.0616. The predicted octanol–water partition coefficient (Wildman–Crippen LogP) is 2.64. The summed E-state index contributed by atoms with van der Waals surface area (Å²) < 4.78 is 5.66. The summed E-state index contributed by atoms with van der Waals surface area (Å²) in [4.78, 5) is 17.0. The smallest absolute Gasteiger partial charge is 0.211 e. The normalized spacial score (nSPS) is 20.0. The molecule has 0 unspecified atom stereocenters. The van der Waals surface area contributed by atoms with Crippen LogP contribution in [-0.2, 0) is 0 Å². The van der Waals surface area contributed by atoms with E-state index in [0.29, 0.717) is 12.3 Å². The fourth-order valence-electron chi connectivity index (χ4n) is 2.88. The van der Waals surface area contributed by atoms with E-state index in [1.807, 2.05) is 30.3 Å². The largest absolute Gasteiger partial charge is 0.453 e. The molecule has 0 spiro atoms. The number of hydrogen-bond donors (Lipinski definition) is 0. The zero-order valence-corrected chi connectivity index (χ0v) is 12.9. The molecule has 1 aliphatic rings. The molecule has 1 saturated heterocycles. The van der Waals surface area contributed by atoms with Crippen LogP contribution in [0.3, 0.4) is 0 Å². The Hall–Kier alpha value is -1.65. The molecule has 4 nitrogen and oxygen atoms in total. The fraction of sp³-hybridized carbons (Fsp3) is 0.471. The molecule has 112 valence electrons. The van der Waals surface area contributed by atoms with E-state index in [1.165, 1.54) is 0 Å². The minimum absolute atomic E-state index is 0.0616. The van der Waals surface area contributed by atoms with Gasteiger partial charge >= 0.3 is 0 Å². The van der Waals surface area contributed by atoms with Crippen LogP contribution in [0, 0.1) is 0 Å². The number of rotatable bonds is 3. The monoisotopic (exact) mass is 286 g/mol. The first kappa shape index (κ1) is 14.3. The van der Waals surface area contributed by atoms with E-state index in [9.17, 15) is 4.79 Å². The van der Waals surface area contributed by atoms with Crippen molar-refractivity contribution in [3.8, 4) is 0 Å². The van der Waals surface area contributed by atoms with Crippen molar-refractivity contribution in [1.29, 1.82) is 0 Å². The number of nitrogens with zero attached hydrogens (tertiary/aromatic N) is 2. The predicted molar refractivity (Wildman–Crippen MR) is 83.7 cm³/mol. The van der Waals surface area contributed by atoms with Crippen LogP contribution >= 0.6 is 0 Å². The Morgan fingerprint density at radius 1 is 1.29 bits per heavy atom. The van der Waals surface area contributed by atoms with Crippen LogP contribution in [0.2, 0.25) is 0 Å². The number of carbonyl (C=O) groups excluding carboxylic acids is 1. The first-order chi connectivity index (χ1) is 9.95. The fourth-order valence-corrected chi connectivity index (χ4v) is 2.88. The van der Waals surface area contributed by atoms with Gasteiger partial charge in [0.25, 0.3) is 0 Å². The third kappa shape index (κ3) is 2.87. The van der Waals surface area contributed by atoms with Gasteiger partial charge in [0.15, 0.2) is 5.76 Å². The zero-order chi connectivity index (χ0) is 15.0. The molecule has 1 aliphatic heterocycles. The van der Waals surface area contributed by atoms with Crippen molar-refractivity contribution in [2.45, 2.75) is 19.4 Å². The quantitative estimate of drug-likeness (QED) is 0.813. The zero-order valence-electron chi connectivity index (χ0n) is 12.9. The molecule has 1 aromatic carbocycles. The summed E-state index contributed by atoms with van der Waals surface area (Å²) in [7, 11) is 2.14. The van der Waals surface area contributed by atoms with E-state index in [0.717, 1.165) is 30.6 Å². The molecule has 0 bridgehead atoms. The van der Waals surface area contributed by atoms with Gasteiger partial charge in [-0.1, -0.05) is 18.2 Å². The Morgan fingerprint density at radius 3 is 2.76 bits per heavy atom. The molecule has 0 amide bonds. The number of carbonyl (C=O) groups is 1. The highest BCUT2D eigenvalue weighted by atomic mass is 16.3. The highest BCUT2D eigenvalue weighted by Crippen LogP contribution is 2.21. The first-order valence-corrected chi connectivity index (χ1v) is 7.41. The van der Waals surface area contributed by atoms with E-state index >= 15 is 0 Å². The Bertz CT molecular complexity index is 627. The number of fused-ring (bicyclic) bond motifs is 1. The van der Waals surface area contributed by atoms with E-state index in [1.54, 1.807) is 0 Å². The molecule has 0 radical (unpaired) electrons. The molecule has 4 heteroatoms. The number of piperazine rings is 1. The van der Waals surface area contributed by atoms with E-state index in [4.69, 9.17) is 4.42 Å². The van der Waals surface area contributed by atoms with Crippen LogP contribution in [0.25, 0.3) is 11.0 Å². The SMILES string of the molecule is CN1CCN(CC(=O)c2cc3ccccc3o2)CC1(C)C. The van der Waals surface area contributed by atoms with Crippen molar-refractivity contribution in [2.24, 2.45) is 0 Å². The maximum absolute atomic E-state index is 12.4. The van der Waals surface area contributed by atoms with E-state index in [-0.39, 0.29) is 11.3 Å². The Morgan fingerprint density at radius 2 is 2.05 bits per heavy atom. The van der Waals surface area contributed by atoms with Crippen molar-refractivity contribution in [3.05, 3.63) is 36.1 Å². The highest BCUT2D eigenvalue weighted by Gasteiger charge is 2.32. The highest BCUT2D eigenvalue weighted by molar-refractivity contribution is 5.98. The lowest BCUT2D eigenvalue weighted by atomic mass is 9.99. The van der Waals surface area contributed by atoms with Gasteiger partial charge in [0.05, 0.1) is 6.54 Å². The molecule has 21 heavy (non-hydrogen) atoms. The Labute approximate surface area is 125 Å². The molecule has 3 rings (SSSR count). The number of Topliss-reactive ketones (excluding diaryl/α,β-unsaturated/α-hetero) is 1. The molecule has 0 atom stereocenters. The number of furan rings is 1. The summed E-state index contributed by atoms with van der Waals surface area (Å²) in [5.41, 5.74) is 0.881. The summed E-state index contributed by atoms with van der Waals surface area (Å²) in [6.45, 7) is 7.66. The van der Waals surface area contributed by atoms with E-state index in [2.05, 4.69) is 30.7 Å². The molecule has 0 saturated carbocycles. The second-order valence-electron chi connectivity index (χ2n) is 6.52. The summed E-state index contributed by atoms with van der Waals surface area (Å²) in [5, 5.41) is 0.986. The third-order valence-corrected chi connectivity index (χ3v) is 4.46. The van der Waals surface area contributed by atoms with Gasteiger partial charge in [0.2, 0.25) is 5.78 Å². The van der Waals surface area contributed by atoms with E-state index < -0.39 is 0 Å². The van der Waals surface area contributed by atoms with Crippen LogP contribution in [0.4, 0.5) is 0 Å². The summed E-state index contributed by atoms with van der Waals surface area (Å²) in [5.74, 6) is 0.527. The number of ketones is 1. The van der Waals surface area contributed by atoms with Crippen molar-refractivity contribution < 1.29 is 9.21 Å². The molecule has 2 heterocycles. The van der Waals surface area contributed by atoms with Crippen LogP contribution in [-0.4, -0.2) is 54.3 Å². The summed E-state index contributed by atoms with van der Waals surface area (Å²) in [6.07, 6.45) is 0. The number of para-hydroxylation sites is 1. The topological polar surface area (TPSA) is 36.7 Å². The second-order valence-corrected chi connectivity index (χ2v) is 6.52. The van der Waals surface area contributed by atoms with Crippen molar-refractivity contribution in [2.75, 3.05) is 33.2 Å². The lowest BCUT2D eigenvalue weighted by Gasteiger charge is -2.45. The summed E-state index contributed by atoms with van der Waals surface area (Å²) >= 11 is 0. The molecule has 0 aliphatic carbocycles. The molecular formula is C17H22N2O2. The lowest BCUT2D eigenvalue weighted by Crippen LogP contribution is -2.58. The number of hydrogen-bond acceptors (Lipinski definition) is 4. The number of benzene rings is 1. The van der Waals surface area contributed by atoms with Gasteiger partial charge in [0, 0.05) is 30.6 Å². The van der Waals surface area contributed by atoms with Crippen LogP contribution in [0.1, 0.15) is 24.4 Å². The molecule has 1 aromatic heterocycles. The minimum Gasteiger partial charge on any atom is -0.453 e. The number of likely N-dealkylation sites (N-methyl/N-ethyl adjacent to an activating group) is 1. The van der Waals surface area contributed by atoms with Gasteiger partial charge in [0.1, 0.15) is 5.58 Å². The van der Waals surface area contributed by atoms with Crippen molar-refractivity contribution in [1.82, 2.24) is 9.80 Å². The van der Waals surface area contributed by atoms with Crippen LogP contribution in [0.5, 0.6) is 0 Å². The molecule has 2 aromatic rings. The Balaban J connectivity index is 1.71. The molecule has 0 N–H and O–H groups in total. The van der Waals surface area contributed by atoms with Gasteiger partial charge in [-0.3, -0.25) is 14.6 Å². The van der Waals surface area contributed by atoms with Gasteiger partial charge in [-0.15, -0.1) is 0 Å². The van der Waals surface area contributed by atoms with Gasteiger partial charge < -0.3 is 4.42 Å². The molecular weight excluding hydrogens is 264 g/mol. The van der Waals surface area contributed by atoms with Crippen LogP contribution < -0.4 is 0 Å². The van der Waals surface area contributed by atoms with Crippen LogP contribution in [0.15, 0.2) is 34.7 Å². The second kappa shape index (κ2) is 5.28. The van der Waals surface area contributed by atoms with Crippen molar-refractivity contribution in [3.63, 3.8) is 0 Å². The molecule has 1 fully saturated rings. The lowest BCUT2D eigenvalue weighted by molar-refractivity contribution is 0.0383. The third-order valence-electron chi connectivity index (χ3n) is 4.46. The van der Waals surface area contributed by atoms with Gasteiger partial charge in [-0.05, 0) is 33.0 Å². The van der Waals surface area contributed by atoms with Gasteiger partial charge in [-0.2, -0.15) is 0 Å².